The zero-order valence-corrected chi connectivity index (χ0v) is 13.9. The summed E-state index contributed by atoms with van der Waals surface area (Å²) in [6.45, 7) is 3.88. The minimum atomic E-state index is -0.0424. The van der Waals surface area contributed by atoms with Crippen molar-refractivity contribution < 1.29 is 4.79 Å². The smallest absolute Gasteiger partial charge is 0.234 e. The van der Waals surface area contributed by atoms with Crippen LogP contribution >= 0.6 is 11.8 Å². The quantitative estimate of drug-likeness (QED) is 0.583. The zero-order chi connectivity index (χ0) is 16.2. The fourth-order valence-electron chi connectivity index (χ4n) is 2.24. The van der Waals surface area contributed by atoms with Gasteiger partial charge in [0.1, 0.15) is 10.9 Å². The number of aryl methyl sites for hydroxylation is 2. The van der Waals surface area contributed by atoms with Crippen LogP contribution in [0, 0.1) is 13.8 Å². The lowest BCUT2D eigenvalue weighted by Crippen LogP contribution is -2.14. The van der Waals surface area contributed by atoms with Crippen molar-refractivity contribution in [2.45, 2.75) is 18.9 Å². The van der Waals surface area contributed by atoms with Crippen LogP contribution < -0.4 is 5.32 Å². The average Bonchev–Trinajstić information content (AvgIpc) is 2.54. The Bertz CT molecular complexity index is 847. The van der Waals surface area contributed by atoms with Gasteiger partial charge in [-0.15, -0.1) is 0 Å². The minimum absolute atomic E-state index is 0.0424. The summed E-state index contributed by atoms with van der Waals surface area (Å²) in [4.78, 5) is 21.0. The maximum Gasteiger partial charge on any atom is 0.234 e. The number of aromatic nitrogens is 2. The van der Waals surface area contributed by atoms with Gasteiger partial charge in [-0.3, -0.25) is 4.79 Å². The van der Waals surface area contributed by atoms with Gasteiger partial charge in [0.15, 0.2) is 0 Å². The Hall–Kier alpha value is -2.40. The number of anilines is 1. The molecule has 3 rings (SSSR count). The van der Waals surface area contributed by atoms with E-state index in [1.165, 1.54) is 17.3 Å². The van der Waals surface area contributed by atoms with Gasteiger partial charge in [-0.05, 0) is 32.0 Å². The van der Waals surface area contributed by atoms with Crippen LogP contribution in [0.15, 0.2) is 53.6 Å². The second-order valence-electron chi connectivity index (χ2n) is 5.30. The van der Waals surface area contributed by atoms with E-state index in [9.17, 15) is 4.79 Å². The predicted molar refractivity (Wildman–Crippen MR) is 94.8 cm³/mol. The number of nitrogens with zero attached hydrogens (tertiary/aromatic N) is 2. The van der Waals surface area contributed by atoms with Crippen LogP contribution in [0.4, 0.5) is 5.69 Å². The van der Waals surface area contributed by atoms with Gasteiger partial charge in [0.25, 0.3) is 0 Å². The highest BCUT2D eigenvalue weighted by Gasteiger charge is 2.09. The van der Waals surface area contributed by atoms with Crippen LogP contribution in [0.25, 0.3) is 10.9 Å². The van der Waals surface area contributed by atoms with Crippen LogP contribution in [-0.4, -0.2) is 21.6 Å². The van der Waals surface area contributed by atoms with Gasteiger partial charge in [-0.25, -0.2) is 9.97 Å². The molecule has 1 N–H and O–H groups in total. The van der Waals surface area contributed by atoms with E-state index in [0.29, 0.717) is 11.6 Å². The first-order valence-corrected chi connectivity index (χ1v) is 8.33. The van der Waals surface area contributed by atoms with E-state index in [2.05, 4.69) is 15.3 Å². The summed E-state index contributed by atoms with van der Waals surface area (Å²) in [5.74, 6) is 0.985. The SMILES string of the molecule is Cc1ccc(NC(=O)CSc2nc(C)nc3ccccc23)cc1. The van der Waals surface area contributed by atoms with Gasteiger partial charge in [-0.2, -0.15) is 0 Å². The molecule has 0 aliphatic rings. The summed E-state index contributed by atoms with van der Waals surface area (Å²) < 4.78 is 0. The fourth-order valence-corrected chi connectivity index (χ4v) is 3.10. The molecule has 0 bridgehead atoms. The van der Waals surface area contributed by atoms with E-state index < -0.39 is 0 Å². The first kappa shape index (κ1) is 15.5. The Kier molecular flexibility index (Phi) is 4.57. The average molecular weight is 323 g/mol. The normalized spacial score (nSPS) is 10.7. The molecular weight excluding hydrogens is 306 g/mol. The number of nitrogens with one attached hydrogen (secondary N) is 1. The third-order valence-corrected chi connectivity index (χ3v) is 4.35. The molecule has 23 heavy (non-hydrogen) atoms. The summed E-state index contributed by atoms with van der Waals surface area (Å²) >= 11 is 1.43. The molecule has 0 unspecified atom stereocenters. The van der Waals surface area contributed by atoms with Crippen molar-refractivity contribution in [3.05, 3.63) is 59.9 Å². The van der Waals surface area contributed by atoms with Crippen molar-refractivity contribution in [1.82, 2.24) is 9.97 Å². The number of hydrogen-bond acceptors (Lipinski definition) is 4. The number of carbonyl (C=O) groups excluding carboxylic acids is 1. The third kappa shape index (κ3) is 3.87. The lowest BCUT2D eigenvalue weighted by atomic mass is 10.2. The molecule has 0 fully saturated rings. The van der Waals surface area contributed by atoms with Gasteiger partial charge < -0.3 is 5.32 Å². The Labute approximate surface area is 139 Å². The molecule has 0 saturated carbocycles. The predicted octanol–water partition coefficient (Wildman–Crippen LogP) is 3.98. The van der Waals surface area contributed by atoms with Gasteiger partial charge in [0.05, 0.1) is 11.3 Å². The minimum Gasteiger partial charge on any atom is -0.325 e. The number of hydrogen-bond donors (Lipinski definition) is 1. The van der Waals surface area contributed by atoms with Crippen LogP contribution in [0.5, 0.6) is 0 Å². The Morgan fingerprint density at radius 3 is 2.57 bits per heavy atom. The number of fused-ring (bicyclic) bond motifs is 1. The summed E-state index contributed by atoms with van der Waals surface area (Å²) in [5.41, 5.74) is 2.88. The van der Waals surface area contributed by atoms with Gasteiger partial charge in [0, 0.05) is 11.1 Å². The van der Waals surface area contributed by atoms with Crippen molar-refractivity contribution >= 4 is 34.3 Å². The molecule has 1 amide bonds. The van der Waals surface area contributed by atoms with Crippen LogP contribution in [-0.2, 0) is 4.79 Å². The molecule has 0 spiro atoms. The topological polar surface area (TPSA) is 54.9 Å². The van der Waals surface area contributed by atoms with Gasteiger partial charge in [-0.1, -0.05) is 47.7 Å². The summed E-state index contributed by atoms with van der Waals surface area (Å²) in [7, 11) is 0. The van der Waals surface area contributed by atoms with E-state index in [1.54, 1.807) is 0 Å². The first-order chi connectivity index (χ1) is 11.1. The van der Waals surface area contributed by atoms with E-state index in [1.807, 2.05) is 62.4 Å². The van der Waals surface area contributed by atoms with Crippen molar-refractivity contribution in [2.75, 3.05) is 11.1 Å². The summed E-state index contributed by atoms with van der Waals surface area (Å²) in [6, 6.07) is 15.6. The van der Waals surface area contributed by atoms with E-state index >= 15 is 0 Å². The molecule has 0 atom stereocenters. The molecule has 5 heteroatoms. The Morgan fingerprint density at radius 2 is 1.78 bits per heavy atom. The molecule has 0 aliphatic heterocycles. The highest BCUT2D eigenvalue weighted by molar-refractivity contribution is 8.00. The molecule has 4 nitrogen and oxygen atoms in total. The largest absolute Gasteiger partial charge is 0.325 e. The lowest BCUT2D eigenvalue weighted by molar-refractivity contribution is -0.113. The molecule has 3 aromatic rings. The summed E-state index contributed by atoms with van der Waals surface area (Å²) in [5, 5.41) is 4.72. The van der Waals surface area contributed by atoms with Crippen LogP contribution in [0.2, 0.25) is 0 Å². The van der Waals surface area contributed by atoms with E-state index in [-0.39, 0.29) is 5.91 Å². The van der Waals surface area contributed by atoms with Crippen molar-refractivity contribution in [2.24, 2.45) is 0 Å². The first-order valence-electron chi connectivity index (χ1n) is 7.34. The molecule has 1 aromatic heterocycles. The maximum atomic E-state index is 12.1. The molecule has 0 saturated heterocycles. The number of thioether (sulfide) groups is 1. The molecule has 2 aromatic carbocycles. The zero-order valence-electron chi connectivity index (χ0n) is 13.0. The maximum absolute atomic E-state index is 12.1. The van der Waals surface area contributed by atoms with Crippen molar-refractivity contribution in [3.63, 3.8) is 0 Å². The van der Waals surface area contributed by atoms with Crippen LogP contribution in [0.3, 0.4) is 0 Å². The highest BCUT2D eigenvalue weighted by atomic mass is 32.2. The molecular formula is C18H17N3OS. The van der Waals surface area contributed by atoms with E-state index in [0.717, 1.165) is 21.6 Å². The Morgan fingerprint density at radius 1 is 1.04 bits per heavy atom. The number of para-hydroxylation sites is 1. The lowest BCUT2D eigenvalue weighted by Gasteiger charge is -2.07. The third-order valence-electron chi connectivity index (χ3n) is 3.36. The molecule has 0 aliphatic carbocycles. The Balaban J connectivity index is 1.70. The van der Waals surface area contributed by atoms with Crippen LogP contribution in [0.1, 0.15) is 11.4 Å². The molecule has 1 heterocycles. The number of carbonyl (C=O) groups is 1. The fraction of sp³-hybridized carbons (Fsp3) is 0.167. The summed E-state index contributed by atoms with van der Waals surface area (Å²) in [6.07, 6.45) is 0. The standard InChI is InChI=1S/C18H17N3OS/c1-12-7-9-14(10-8-12)21-17(22)11-23-18-15-5-3-4-6-16(15)19-13(2)20-18/h3-10H,11H2,1-2H3,(H,21,22). The second kappa shape index (κ2) is 6.79. The van der Waals surface area contributed by atoms with Gasteiger partial charge in [0.2, 0.25) is 5.91 Å². The number of amides is 1. The van der Waals surface area contributed by atoms with Crippen molar-refractivity contribution in [1.29, 1.82) is 0 Å². The number of benzene rings is 2. The molecule has 116 valence electrons. The highest BCUT2D eigenvalue weighted by Crippen LogP contribution is 2.25. The monoisotopic (exact) mass is 323 g/mol. The van der Waals surface area contributed by atoms with Crippen molar-refractivity contribution in [3.8, 4) is 0 Å². The van der Waals surface area contributed by atoms with Gasteiger partial charge >= 0.3 is 0 Å². The van der Waals surface area contributed by atoms with E-state index in [4.69, 9.17) is 0 Å². The molecule has 0 radical (unpaired) electrons. The second-order valence-corrected chi connectivity index (χ2v) is 6.26. The number of rotatable bonds is 4.